The second-order valence-electron chi connectivity index (χ2n) is 4.70. The molecule has 0 amide bonds. The molecule has 0 saturated carbocycles. The molecule has 2 aromatic heterocycles. The molecule has 6 nitrogen and oxygen atoms in total. The standard InChI is InChI=1S/C10H13N5O/c1-10(2,3)8(16)6-7-4-5-9-11-13-14-15(9)12-7/h4-5H,6H2,1-3H3. The Balaban J connectivity index is 2.24. The summed E-state index contributed by atoms with van der Waals surface area (Å²) in [4.78, 5) is 11.8. The van der Waals surface area contributed by atoms with E-state index in [0.717, 1.165) is 0 Å². The van der Waals surface area contributed by atoms with Gasteiger partial charge in [0, 0.05) is 5.41 Å². The lowest BCUT2D eigenvalue weighted by atomic mass is 9.88. The fourth-order valence-electron chi connectivity index (χ4n) is 1.21. The molecule has 0 unspecified atom stereocenters. The number of carbonyl (C=O) groups is 1. The Morgan fingerprint density at radius 1 is 1.38 bits per heavy atom. The van der Waals surface area contributed by atoms with Gasteiger partial charge in [-0.2, -0.15) is 5.10 Å². The van der Waals surface area contributed by atoms with E-state index in [1.807, 2.05) is 20.8 Å². The molecule has 2 rings (SSSR count). The SMILES string of the molecule is CC(C)(C)C(=O)Cc1ccc2nnnn2n1. The van der Waals surface area contributed by atoms with Gasteiger partial charge >= 0.3 is 0 Å². The molecule has 0 aliphatic carbocycles. The molecule has 84 valence electrons. The molecule has 2 aromatic rings. The average Bonchev–Trinajstić information content (AvgIpc) is 2.63. The summed E-state index contributed by atoms with van der Waals surface area (Å²) in [7, 11) is 0. The average molecular weight is 219 g/mol. The third-order valence-corrected chi connectivity index (χ3v) is 2.30. The van der Waals surface area contributed by atoms with Crippen LogP contribution in [0.15, 0.2) is 12.1 Å². The van der Waals surface area contributed by atoms with E-state index in [0.29, 0.717) is 17.8 Å². The highest BCUT2D eigenvalue weighted by atomic mass is 16.1. The highest BCUT2D eigenvalue weighted by Crippen LogP contribution is 2.16. The molecule has 0 aromatic carbocycles. The van der Waals surface area contributed by atoms with Crippen LogP contribution in [-0.2, 0) is 11.2 Å². The number of Topliss-reactive ketones (excluding diaryl/α,β-unsaturated/α-hetero) is 1. The predicted octanol–water partition coefficient (Wildman–Crippen LogP) is 0.677. The van der Waals surface area contributed by atoms with Crippen LogP contribution in [0.2, 0.25) is 0 Å². The Kier molecular flexibility index (Phi) is 2.41. The minimum atomic E-state index is -0.350. The first-order valence-electron chi connectivity index (χ1n) is 5.04. The number of nitrogens with zero attached hydrogens (tertiary/aromatic N) is 5. The summed E-state index contributed by atoms with van der Waals surface area (Å²) in [6.07, 6.45) is 0.305. The predicted molar refractivity (Wildman–Crippen MR) is 56.7 cm³/mol. The number of hydrogen-bond donors (Lipinski definition) is 0. The first kappa shape index (κ1) is 10.7. The fraction of sp³-hybridized carbons (Fsp3) is 0.500. The molecule has 0 aliphatic rings. The quantitative estimate of drug-likeness (QED) is 0.742. The van der Waals surface area contributed by atoms with Crippen molar-refractivity contribution in [3.8, 4) is 0 Å². The summed E-state index contributed by atoms with van der Waals surface area (Å²) < 4.78 is 1.32. The number of tetrazole rings is 1. The van der Waals surface area contributed by atoms with E-state index in [1.54, 1.807) is 12.1 Å². The first-order valence-corrected chi connectivity index (χ1v) is 5.04. The van der Waals surface area contributed by atoms with Crippen LogP contribution in [0.1, 0.15) is 26.5 Å². The molecular weight excluding hydrogens is 206 g/mol. The van der Waals surface area contributed by atoms with Crippen LogP contribution in [0.25, 0.3) is 5.65 Å². The zero-order valence-electron chi connectivity index (χ0n) is 9.51. The van der Waals surface area contributed by atoms with Gasteiger partial charge in [0.15, 0.2) is 5.65 Å². The Hall–Kier alpha value is -1.85. The lowest BCUT2D eigenvalue weighted by molar-refractivity contribution is -0.125. The van der Waals surface area contributed by atoms with Gasteiger partial charge in [-0.15, -0.1) is 9.73 Å². The van der Waals surface area contributed by atoms with Crippen molar-refractivity contribution in [2.45, 2.75) is 27.2 Å². The lowest BCUT2D eigenvalue weighted by Crippen LogP contribution is -2.22. The number of rotatable bonds is 2. The second kappa shape index (κ2) is 3.62. The molecule has 0 saturated heterocycles. The van der Waals surface area contributed by atoms with Crippen LogP contribution >= 0.6 is 0 Å². The largest absolute Gasteiger partial charge is 0.299 e. The summed E-state index contributed by atoms with van der Waals surface area (Å²) in [5.74, 6) is 0.146. The van der Waals surface area contributed by atoms with Crippen LogP contribution in [0, 0.1) is 5.41 Å². The van der Waals surface area contributed by atoms with Crippen molar-refractivity contribution < 1.29 is 4.79 Å². The van der Waals surface area contributed by atoms with Crippen molar-refractivity contribution in [2.24, 2.45) is 5.41 Å². The van der Waals surface area contributed by atoms with Crippen molar-refractivity contribution in [3.63, 3.8) is 0 Å². The molecule has 0 bridgehead atoms. The summed E-state index contributed by atoms with van der Waals surface area (Å²) in [6.45, 7) is 5.68. The van der Waals surface area contributed by atoms with E-state index < -0.39 is 0 Å². The highest BCUT2D eigenvalue weighted by molar-refractivity contribution is 5.85. The van der Waals surface area contributed by atoms with Gasteiger partial charge < -0.3 is 0 Å². The molecule has 0 atom stereocenters. The van der Waals surface area contributed by atoms with E-state index in [9.17, 15) is 4.79 Å². The van der Waals surface area contributed by atoms with E-state index >= 15 is 0 Å². The summed E-state index contributed by atoms with van der Waals surface area (Å²) in [6, 6.07) is 3.52. The molecule has 0 aliphatic heterocycles. The molecule has 0 radical (unpaired) electrons. The minimum absolute atomic E-state index is 0.146. The summed E-state index contributed by atoms with van der Waals surface area (Å²) in [5, 5.41) is 15.1. The van der Waals surface area contributed by atoms with Gasteiger partial charge in [-0.25, -0.2) is 0 Å². The van der Waals surface area contributed by atoms with Crippen LogP contribution in [0.4, 0.5) is 0 Å². The van der Waals surface area contributed by atoms with Gasteiger partial charge in [0.2, 0.25) is 0 Å². The van der Waals surface area contributed by atoms with Crippen LogP contribution in [0.3, 0.4) is 0 Å². The van der Waals surface area contributed by atoms with Crippen molar-refractivity contribution in [1.82, 2.24) is 25.3 Å². The number of hydrogen-bond acceptors (Lipinski definition) is 5. The van der Waals surface area contributed by atoms with E-state index in [2.05, 4.69) is 20.6 Å². The highest BCUT2D eigenvalue weighted by Gasteiger charge is 2.21. The zero-order chi connectivity index (χ0) is 11.8. The second-order valence-corrected chi connectivity index (χ2v) is 4.70. The summed E-state index contributed by atoms with van der Waals surface area (Å²) >= 11 is 0. The Labute approximate surface area is 92.7 Å². The van der Waals surface area contributed by atoms with Gasteiger partial charge in [0.1, 0.15) is 5.78 Å². The maximum absolute atomic E-state index is 11.8. The molecule has 2 heterocycles. The van der Waals surface area contributed by atoms with Crippen molar-refractivity contribution in [1.29, 1.82) is 0 Å². The molecule has 0 N–H and O–H groups in total. The number of aromatic nitrogens is 5. The molecule has 0 fully saturated rings. The first-order chi connectivity index (χ1) is 7.47. The molecule has 6 heteroatoms. The van der Waals surface area contributed by atoms with Crippen molar-refractivity contribution >= 4 is 11.4 Å². The Morgan fingerprint density at radius 2 is 2.12 bits per heavy atom. The van der Waals surface area contributed by atoms with Gasteiger partial charge in [-0.1, -0.05) is 20.8 Å². The van der Waals surface area contributed by atoms with Crippen LogP contribution < -0.4 is 0 Å². The number of ketones is 1. The third-order valence-electron chi connectivity index (χ3n) is 2.30. The zero-order valence-corrected chi connectivity index (χ0v) is 9.51. The van der Waals surface area contributed by atoms with Crippen LogP contribution in [-0.4, -0.2) is 31.0 Å². The van der Waals surface area contributed by atoms with E-state index in [1.165, 1.54) is 4.63 Å². The smallest absolute Gasteiger partial charge is 0.199 e. The lowest BCUT2D eigenvalue weighted by Gasteiger charge is -2.15. The van der Waals surface area contributed by atoms with E-state index in [-0.39, 0.29) is 11.2 Å². The monoisotopic (exact) mass is 219 g/mol. The molecule has 0 spiro atoms. The van der Waals surface area contributed by atoms with E-state index in [4.69, 9.17) is 0 Å². The van der Waals surface area contributed by atoms with Gasteiger partial charge in [-0.05, 0) is 22.6 Å². The fourth-order valence-corrected chi connectivity index (χ4v) is 1.21. The van der Waals surface area contributed by atoms with Crippen molar-refractivity contribution in [2.75, 3.05) is 0 Å². The van der Waals surface area contributed by atoms with Gasteiger partial charge in [0.05, 0.1) is 12.1 Å². The maximum atomic E-state index is 11.8. The van der Waals surface area contributed by atoms with Crippen LogP contribution in [0.5, 0.6) is 0 Å². The van der Waals surface area contributed by atoms with Gasteiger partial charge in [-0.3, -0.25) is 4.79 Å². The maximum Gasteiger partial charge on any atom is 0.199 e. The third kappa shape index (κ3) is 2.05. The number of fused-ring (bicyclic) bond motifs is 1. The van der Waals surface area contributed by atoms with Crippen molar-refractivity contribution in [3.05, 3.63) is 17.8 Å². The molecule has 16 heavy (non-hydrogen) atoms. The minimum Gasteiger partial charge on any atom is -0.299 e. The van der Waals surface area contributed by atoms with Gasteiger partial charge in [0.25, 0.3) is 0 Å². The normalized spacial score (nSPS) is 11.9. The summed E-state index contributed by atoms with van der Waals surface area (Å²) in [5.41, 5.74) is 0.906. The number of carbonyl (C=O) groups excluding carboxylic acids is 1. The molecular formula is C10H13N5O. The Morgan fingerprint density at radius 3 is 2.81 bits per heavy atom. The Bertz CT molecular complexity index is 525. The topological polar surface area (TPSA) is 73.0 Å².